The maximum Gasteiger partial charge on any atom is 0.142 e. The highest BCUT2D eigenvalue weighted by atomic mass is 16.3. The van der Waals surface area contributed by atoms with Gasteiger partial charge < -0.3 is 25.4 Å². The molecule has 2 aromatic heterocycles. The van der Waals surface area contributed by atoms with Gasteiger partial charge in [-0.2, -0.15) is 0 Å². The fraction of sp³-hybridized carbons (Fsp3) is 0.750. The van der Waals surface area contributed by atoms with Gasteiger partial charge in [0.05, 0.1) is 17.6 Å². The Hall–Kier alpha value is -1.70. The van der Waals surface area contributed by atoms with Crippen LogP contribution in [0.3, 0.4) is 0 Å². The third-order valence-corrected chi connectivity index (χ3v) is 6.39. The first-order valence-corrected chi connectivity index (χ1v) is 12.2. The van der Waals surface area contributed by atoms with Crippen molar-refractivity contribution in [2.75, 3.05) is 18.0 Å². The van der Waals surface area contributed by atoms with Gasteiger partial charge in [-0.25, -0.2) is 9.97 Å². The monoisotopic (exact) mass is 431 g/mol. The van der Waals surface area contributed by atoms with Crippen LogP contribution in [0.25, 0.3) is 11.0 Å². The molecule has 2 aromatic rings. The zero-order chi connectivity index (χ0) is 22.1. The largest absolute Gasteiger partial charge is 0.392 e. The van der Waals surface area contributed by atoms with Gasteiger partial charge in [0.1, 0.15) is 17.8 Å². The molecule has 0 bridgehead atoms. The lowest BCUT2D eigenvalue weighted by Crippen LogP contribution is -2.41. The topological polar surface area (TPSA) is 97.3 Å². The first-order valence-electron chi connectivity index (χ1n) is 12.2. The van der Waals surface area contributed by atoms with Crippen LogP contribution < -0.4 is 10.2 Å². The van der Waals surface area contributed by atoms with E-state index in [4.69, 9.17) is 5.11 Å². The molecule has 2 heterocycles. The van der Waals surface area contributed by atoms with Gasteiger partial charge in [0.15, 0.2) is 0 Å². The number of nitrogens with zero attached hydrogens (tertiary/aromatic N) is 3. The van der Waals surface area contributed by atoms with E-state index in [0.717, 1.165) is 23.4 Å². The summed E-state index contributed by atoms with van der Waals surface area (Å²) in [5.74, 6) is 0.948. The van der Waals surface area contributed by atoms with Crippen molar-refractivity contribution in [1.29, 1.82) is 0 Å². The van der Waals surface area contributed by atoms with Crippen LogP contribution in [0, 0.1) is 0 Å². The van der Waals surface area contributed by atoms with E-state index >= 15 is 0 Å². The number of fused-ring (bicyclic) bond motifs is 1. The molecule has 4 N–H and O–H groups in total. The molecule has 2 saturated carbocycles. The Bertz CT molecular complexity index is 751. The summed E-state index contributed by atoms with van der Waals surface area (Å²) in [5.41, 5.74) is 0.862. The van der Waals surface area contributed by atoms with Crippen LogP contribution in [-0.4, -0.2) is 62.5 Å². The predicted molar refractivity (Wildman–Crippen MR) is 126 cm³/mol. The third kappa shape index (κ3) is 7.44. The smallest absolute Gasteiger partial charge is 0.142 e. The Kier molecular flexibility index (Phi) is 9.55. The second-order valence-corrected chi connectivity index (χ2v) is 9.32. The Morgan fingerprint density at radius 1 is 1.00 bits per heavy atom. The summed E-state index contributed by atoms with van der Waals surface area (Å²) in [4.78, 5) is 14.2. The van der Waals surface area contributed by atoms with E-state index in [1.807, 2.05) is 26.1 Å². The molecule has 0 aliphatic heterocycles. The second kappa shape index (κ2) is 12.4. The van der Waals surface area contributed by atoms with Crippen LogP contribution in [-0.2, 0) is 0 Å². The first kappa shape index (κ1) is 24.0. The molecule has 0 spiro atoms. The molecule has 2 aliphatic carbocycles. The zero-order valence-electron chi connectivity index (χ0n) is 19.3. The highest BCUT2D eigenvalue weighted by Crippen LogP contribution is 2.30. The van der Waals surface area contributed by atoms with E-state index in [-0.39, 0.29) is 12.2 Å². The number of nitrogens with one attached hydrogen (secondary N) is 2. The molecule has 4 rings (SSSR count). The number of aromatic amines is 1. The zero-order valence-corrected chi connectivity index (χ0v) is 19.3. The van der Waals surface area contributed by atoms with Crippen molar-refractivity contribution in [2.45, 2.75) is 102 Å². The number of rotatable bonds is 7. The molecular weight excluding hydrogens is 390 g/mol. The Labute approximate surface area is 186 Å². The molecule has 7 heteroatoms. The lowest BCUT2D eigenvalue weighted by molar-refractivity contribution is 0.181. The van der Waals surface area contributed by atoms with Crippen molar-refractivity contribution >= 4 is 16.9 Å². The molecule has 2 fully saturated rings. The van der Waals surface area contributed by atoms with Crippen molar-refractivity contribution < 1.29 is 10.2 Å². The second-order valence-electron chi connectivity index (χ2n) is 9.32. The summed E-state index contributed by atoms with van der Waals surface area (Å²) in [6.45, 7) is 5.05. The molecule has 31 heavy (non-hydrogen) atoms. The van der Waals surface area contributed by atoms with Gasteiger partial charge in [-0.1, -0.05) is 38.5 Å². The highest BCUT2D eigenvalue weighted by Gasteiger charge is 2.25. The molecule has 174 valence electrons. The van der Waals surface area contributed by atoms with Crippen LogP contribution >= 0.6 is 0 Å². The van der Waals surface area contributed by atoms with E-state index in [0.29, 0.717) is 18.6 Å². The lowest BCUT2D eigenvalue weighted by atomic mass is 9.94. The van der Waals surface area contributed by atoms with Gasteiger partial charge in [0.2, 0.25) is 0 Å². The van der Waals surface area contributed by atoms with Gasteiger partial charge in [-0.05, 0) is 45.6 Å². The number of H-pyrrole nitrogens is 1. The van der Waals surface area contributed by atoms with Crippen LogP contribution in [0.2, 0.25) is 0 Å². The van der Waals surface area contributed by atoms with Crippen molar-refractivity contribution in [3.05, 3.63) is 18.6 Å². The maximum atomic E-state index is 9.84. The predicted octanol–water partition coefficient (Wildman–Crippen LogP) is 3.77. The number of aromatic nitrogens is 3. The number of aliphatic hydroxyl groups excluding tert-OH is 2. The summed E-state index contributed by atoms with van der Waals surface area (Å²) in [5, 5.41) is 23.3. The van der Waals surface area contributed by atoms with Gasteiger partial charge in [-0.15, -0.1) is 0 Å². The van der Waals surface area contributed by atoms with Crippen molar-refractivity contribution in [1.82, 2.24) is 20.3 Å². The number of aliphatic hydroxyl groups is 2. The Balaban J connectivity index is 0.000000210. The van der Waals surface area contributed by atoms with Gasteiger partial charge in [-0.3, -0.25) is 0 Å². The minimum Gasteiger partial charge on any atom is -0.392 e. The molecule has 0 radical (unpaired) electrons. The van der Waals surface area contributed by atoms with E-state index in [1.165, 1.54) is 64.2 Å². The standard InChI is InChI=1S/C15H22N4O.C9H19NO/c1-11(20)9-19(12-5-3-2-4-6-12)15-13-7-8-16-14(13)17-10-18-15;1-8(11)7-10-9-5-3-2-4-6-9/h7-8,10-12,20H,2-6,9H2,1H3,(H,16,17,18);8-11H,2-7H2,1H3/t11-;/m0./s1. The average molecular weight is 432 g/mol. The molecule has 1 unspecified atom stereocenters. The summed E-state index contributed by atoms with van der Waals surface area (Å²) < 4.78 is 0. The van der Waals surface area contributed by atoms with Crippen molar-refractivity contribution in [2.24, 2.45) is 0 Å². The quantitative estimate of drug-likeness (QED) is 0.533. The number of hydrogen-bond donors (Lipinski definition) is 4. The maximum absolute atomic E-state index is 9.84. The number of hydrogen-bond acceptors (Lipinski definition) is 6. The van der Waals surface area contributed by atoms with Gasteiger partial charge in [0, 0.05) is 31.4 Å². The molecule has 0 aromatic carbocycles. The van der Waals surface area contributed by atoms with Crippen LogP contribution in [0.4, 0.5) is 5.82 Å². The summed E-state index contributed by atoms with van der Waals surface area (Å²) >= 11 is 0. The molecule has 7 nitrogen and oxygen atoms in total. The van der Waals surface area contributed by atoms with E-state index in [2.05, 4.69) is 25.2 Å². The lowest BCUT2D eigenvalue weighted by Gasteiger charge is -2.36. The normalized spacial score (nSPS) is 20.1. The van der Waals surface area contributed by atoms with Crippen molar-refractivity contribution in [3.8, 4) is 0 Å². The molecule has 0 saturated heterocycles. The Morgan fingerprint density at radius 2 is 1.68 bits per heavy atom. The van der Waals surface area contributed by atoms with Crippen molar-refractivity contribution in [3.63, 3.8) is 0 Å². The van der Waals surface area contributed by atoms with Crippen LogP contribution in [0.1, 0.15) is 78.1 Å². The fourth-order valence-corrected chi connectivity index (χ4v) is 4.82. The summed E-state index contributed by atoms with van der Waals surface area (Å²) in [6, 6.07) is 3.17. The molecular formula is C24H41N5O2. The summed E-state index contributed by atoms with van der Waals surface area (Å²) in [6.07, 6.45) is 15.9. The molecule has 2 atom stereocenters. The minimum atomic E-state index is -0.360. The third-order valence-electron chi connectivity index (χ3n) is 6.39. The Morgan fingerprint density at radius 3 is 2.32 bits per heavy atom. The van der Waals surface area contributed by atoms with Crippen LogP contribution in [0.15, 0.2) is 18.6 Å². The van der Waals surface area contributed by atoms with Gasteiger partial charge >= 0.3 is 0 Å². The van der Waals surface area contributed by atoms with E-state index < -0.39 is 0 Å². The fourth-order valence-electron chi connectivity index (χ4n) is 4.82. The number of anilines is 1. The minimum absolute atomic E-state index is 0.197. The highest BCUT2D eigenvalue weighted by molar-refractivity contribution is 5.87. The van der Waals surface area contributed by atoms with E-state index in [1.54, 1.807) is 6.33 Å². The van der Waals surface area contributed by atoms with E-state index in [9.17, 15) is 5.11 Å². The van der Waals surface area contributed by atoms with Gasteiger partial charge in [0.25, 0.3) is 0 Å². The average Bonchev–Trinajstić information content (AvgIpc) is 3.27. The van der Waals surface area contributed by atoms with Crippen LogP contribution in [0.5, 0.6) is 0 Å². The molecule has 2 aliphatic rings. The first-order chi connectivity index (χ1) is 15.0. The summed E-state index contributed by atoms with van der Waals surface area (Å²) in [7, 11) is 0. The SMILES string of the molecule is CC(O)CNC1CCCCC1.C[C@H](O)CN(c1ncnc2[nH]ccc12)C1CCCCC1. The molecule has 0 amide bonds.